The fourth-order valence-corrected chi connectivity index (χ4v) is 4.02. The molecule has 0 unspecified atom stereocenters. The predicted octanol–water partition coefficient (Wildman–Crippen LogP) is 1.67. The second-order valence-corrected chi connectivity index (χ2v) is 6.83. The number of nitrogens with zero attached hydrogens (tertiary/aromatic N) is 3. The largest absolute Gasteiger partial charge is 0.327 e. The van der Waals surface area contributed by atoms with E-state index in [1.807, 2.05) is 0 Å². The van der Waals surface area contributed by atoms with Gasteiger partial charge >= 0.3 is 0 Å². The number of halogens is 2. The third-order valence-corrected chi connectivity index (χ3v) is 5.18. The van der Waals surface area contributed by atoms with Gasteiger partial charge < -0.3 is 10.2 Å². The van der Waals surface area contributed by atoms with Gasteiger partial charge in [-0.2, -0.15) is 5.26 Å². The average molecular weight is 386 g/mol. The first-order valence-corrected chi connectivity index (χ1v) is 8.19. The van der Waals surface area contributed by atoms with Gasteiger partial charge in [-0.3, -0.25) is 14.2 Å². The maximum absolute atomic E-state index is 12.5. The Bertz CT molecular complexity index is 732. The molecule has 2 aliphatic heterocycles. The summed E-state index contributed by atoms with van der Waals surface area (Å²) in [6, 6.07) is 3.60. The normalized spacial score (nSPS) is 19.8. The first kappa shape index (κ1) is 15.5. The third kappa shape index (κ3) is 2.35. The van der Waals surface area contributed by atoms with E-state index in [0.717, 1.165) is 13.1 Å². The van der Waals surface area contributed by atoms with Crippen LogP contribution in [0.2, 0.25) is 5.02 Å². The summed E-state index contributed by atoms with van der Waals surface area (Å²) in [6.07, 6.45) is 1.71. The zero-order chi connectivity index (χ0) is 15.9. The number of aromatic nitrogens is 1. The van der Waals surface area contributed by atoms with E-state index in [2.05, 4.69) is 32.2 Å². The first-order valence-electron chi connectivity index (χ1n) is 7.02. The molecule has 0 aromatic carbocycles. The molecule has 1 aromatic heterocycles. The van der Waals surface area contributed by atoms with Gasteiger partial charge in [-0.1, -0.05) is 11.6 Å². The lowest BCUT2D eigenvalue weighted by Crippen LogP contribution is -2.54. The number of pyridine rings is 1. The Morgan fingerprint density at radius 3 is 2.73 bits per heavy atom. The van der Waals surface area contributed by atoms with Gasteiger partial charge in [0.25, 0.3) is 11.5 Å². The van der Waals surface area contributed by atoms with Crippen LogP contribution in [0.3, 0.4) is 0 Å². The average Bonchev–Trinajstić information content (AvgIpc) is 2.77. The number of piperidine rings is 1. The van der Waals surface area contributed by atoms with E-state index in [1.54, 1.807) is 0 Å². The predicted molar refractivity (Wildman–Crippen MR) is 84.8 cm³/mol. The maximum Gasteiger partial charge on any atom is 0.271 e. The number of nitriles is 1. The molecule has 0 saturated carbocycles. The van der Waals surface area contributed by atoms with Gasteiger partial charge in [0.05, 0.1) is 15.6 Å². The lowest BCUT2D eigenvalue weighted by Gasteiger charge is -2.40. The van der Waals surface area contributed by atoms with E-state index in [9.17, 15) is 9.59 Å². The van der Waals surface area contributed by atoms with Crippen molar-refractivity contribution in [2.75, 3.05) is 19.6 Å². The molecular weight excluding hydrogens is 372 g/mol. The van der Waals surface area contributed by atoms with Crippen LogP contribution in [-0.2, 0) is 5.66 Å². The molecular formula is C14H14BrClN4O2. The number of amides is 1. The minimum absolute atomic E-state index is 0.236. The highest BCUT2D eigenvalue weighted by molar-refractivity contribution is 9.10. The number of hydrogen-bond donors (Lipinski definition) is 1. The maximum atomic E-state index is 12.5. The van der Waals surface area contributed by atoms with Crippen molar-refractivity contribution in [3.63, 3.8) is 0 Å². The molecule has 2 aliphatic rings. The highest BCUT2D eigenvalue weighted by atomic mass is 79.9. The Labute approximate surface area is 140 Å². The van der Waals surface area contributed by atoms with Crippen molar-refractivity contribution in [2.45, 2.75) is 24.9 Å². The van der Waals surface area contributed by atoms with Crippen molar-refractivity contribution < 1.29 is 4.79 Å². The topological polar surface area (TPSA) is 78.1 Å². The summed E-state index contributed by atoms with van der Waals surface area (Å²) in [5.74, 6) is -0.305. The molecule has 1 saturated heterocycles. The van der Waals surface area contributed by atoms with E-state index in [4.69, 9.17) is 16.9 Å². The fourth-order valence-electron chi connectivity index (χ4n) is 3.20. The quantitative estimate of drug-likeness (QED) is 0.840. The molecule has 0 atom stereocenters. The first-order chi connectivity index (χ1) is 10.5. The zero-order valence-electron chi connectivity index (χ0n) is 11.7. The van der Waals surface area contributed by atoms with Gasteiger partial charge in [0.2, 0.25) is 0 Å². The summed E-state index contributed by atoms with van der Waals surface area (Å²) in [5.41, 5.74) is -0.719. The molecule has 0 bridgehead atoms. The summed E-state index contributed by atoms with van der Waals surface area (Å²) in [4.78, 5) is 26.9. The number of carbonyl (C=O) groups excluding carboxylic acids is 1. The molecule has 0 aliphatic carbocycles. The summed E-state index contributed by atoms with van der Waals surface area (Å²) < 4.78 is 1.85. The van der Waals surface area contributed by atoms with Crippen molar-refractivity contribution in [1.82, 2.24) is 14.8 Å². The smallest absolute Gasteiger partial charge is 0.271 e. The van der Waals surface area contributed by atoms with E-state index in [0.29, 0.717) is 30.3 Å². The van der Waals surface area contributed by atoms with E-state index in [1.165, 1.54) is 10.6 Å². The number of rotatable bonds is 2. The summed E-state index contributed by atoms with van der Waals surface area (Å²) in [7, 11) is 0. The Kier molecular flexibility index (Phi) is 4.02. The van der Waals surface area contributed by atoms with Crippen LogP contribution in [0.5, 0.6) is 0 Å². The zero-order valence-corrected chi connectivity index (χ0v) is 14.1. The van der Waals surface area contributed by atoms with Gasteiger partial charge in [-0.25, -0.2) is 0 Å². The van der Waals surface area contributed by atoms with Crippen LogP contribution < -0.4 is 10.9 Å². The van der Waals surface area contributed by atoms with Gasteiger partial charge in [0.15, 0.2) is 0 Å². The highest BCUT2D eigenvalue weighted by Gasteiger charge is 2.46. The van der Waals surface area contributed by atoms with Gasteiger partial charge in [-0.05, 0) is 22.0 Å². The molecule has 6 nitrogen and oxygen atoms in total. The van der Waals surface area contributed by atoms with Crippen LogP contribution in [0.15, 0.2) is 15.3 Å². The minimum atomic E-state index is -0.708. The lowest BCUT2D eigenvalue weighted by atomic mass is 9.97. The van der Waals surface area contributed by atoms with Crippen molar-refractivity contribution >= 4 is 33.4 Å². The monoisotopic (exact) mass is 384 g/mol. The van der Waals surface area contributed by atoms with Gasteiger partial charge in [-0.15, -0.1) is 0 Å². The number of nitrogens with one attached hydrogen (secondary N) is 1. The molecule has 0 radical (unpaired) electrons. The number of fused-ring (bicyclic) bond motifs is 2. The number of hydrogen-bond acceptors (Lipinski definition) is 4. The van der Waals surface area contributed by atoms with Crippen molar-refractivity contribution in [3.05, 3.63) is 31.6 Å². The van der Waals surface area contributed by atoms with E-state index in [-0.39, 0.29) is 22.2 Å². The second-order valence-electron chi connectivity index (χ2n) is 5.56. The van der Waals surface area contributed by atoms with Crippen LogP contribution >= 0.6 is 27.5 Å². The van der Waals surface area contributed by atoms with Crippen LogP contribution in [0.4, 0.5) is 0 Å². The molecule has 1 amide bonds. The fraction of sp³-hybridized carbons (Fsp3) is 0.500. The Hall–Kier alpha value is -1.36. The Morgan fingerprint density at radius 1 is 1.41 bits per heavy atom. The number of likely N-dealkylation sites (tertiary alicyclic amines) is 1. The molecule has 1 spiro atoms. The van der Waals surface area contributed by atoms with Crippen LogP contribution in [0.25, 0.3) is 0 Å². The molecule has 1 N–H and O–H groups in total. The summed E-state index contributed by atoms with van der Waals surface area (Å²) in [5, 5.41) is 11.9. The van der Waals surface area contributed by atoms with E-state index < -0.39 is 5.66 Å². The van der Waals surface area contributed by atoms with Gasteiger partial charge in [0, 0.05) is 38.9 Å². The molecule has 116 valence electrons. The second kappa shape index (κ2) is 5.69. The summed E-state index contributed by atoms with van der Waals surface area (Å²) >= 11 is 9.36. The van der Waals surface area contributed by atoms with Crippen molar-refractivity contribution in [2.24, 2.45) is 0 Å². The lowest BCUT2D eigenvalue weighted by molar-refractivity contribution is 0.0752. The van der Waals surface area contributed by atoms with E-state index >= 15 is 0 Å². The molecule has 1 aromatic rings. The summed E-state index contributed by atoms with van der Waals surface area (Å²) in [6.45, 7) is 2.15. The molecule has 3 heterocycles. The molecule has 1 fully saturated rings. The molecule has 22 heavy (non-hydrogen) atoms. The van der Waals surface area contributed by atoms with Crippen molar-refractivity contribution in [1.29, 1.82) is 5.26 Å². The highest BCUT2D eigenvalue weighted by Crippen LogP contribution is 2.35. The number of carbonyl (C=O) groups is 1. The molecule has 3 rings (SSSR count). The standard InChI is InChI=1S/C14H14BrClN4O2/c15-9-8-10(16)11-12(21)18-14(20(11)13(9)22)2-6-19(7-3-14)5-1-4-17/h8H,1-3,5-7H2,(H,18,21). The molecule has 8 heteroatoms. The van der Waals surface area contributed by atoms with Crippen LogP contribution in [0.1, 0.15) is 29.8 Å². The Morgan fingerprint density at radius 2 is 2.09 bits per heavy atom. The minimum Gasteiger partial charge on any atom is -0.327 e. The SMILES string of the molecule is N#CCCN1CCC2(CC1)NC(=O)c1c(Cl)cc(Br)c(=O)n12. The van der Waals surface area contributed by atoms with Crippen molar-refractivity contribution in [3.8, 4) is 6.07 Å². The van der Waals surface area contributed by atoms with Gasteiger partial charge in [0.1, 0.15) is 11.4 Å². The third-order valence-electron chi connectivity index (χ3n) is 4.32. The van der Waals surface area contributed by atoms with Crippen LogP contribution in [-0.4, -0.2) is 35.0 Å². The van der Waals surface area contributed by atoms with Crippen LogP contribution in [0, 0.1) is 11.3 Å². The Balaban J connectivity index is 1.96.